The summed E-state index contributed by atoms with van der Waals surface area (Å²) < 4.78 is 4.54. The maximum absolute atomic E-state index is 11.5. The van der Waals surface area contributed by atoms with Crippen LogP contribution in [0.5, 0.6) is 0 Å². The zero-order valence-corrected chi connectivity index (χ0v) is 11.4. The van der Waals surface area contributed by atoms with Gasteiger partial charge in [0.15, 0.2) is 0 Å². The molecule has 0 saturated carbocycles. The van der Waals surface area contributed by atoms with Gasteiger partial charge in [-0.25, -0.2) is 4.79 Å². The van der Waals surface area contributed by atoms with Crippen molar-refractivity contribution in [2.75, 3.05) is 33.1 Å². The van der Waals surface area contributed by atoms with Crippen molar-refractivity contribution >= 4 is 23.3 Å². The Morgan fingerprint density at radius 2 is 2.05 bits per heavy atom. The number of nitro groups is 1. The van der Waals surface area contributed by atoms with Gasteiger partial charge < -0.3 is 15.0 Å². The average Bonchev–Trinajstić information content (AvgIpc) is 2.43. The number of amides is 1. The van der Waals surface area contributed by atoms with Crippen molar-refractivity contribution in [2.24, 2.45) is 0 Å². The molecule has 8 nitrogen and oxygen atoms in total. The first-order valence-corrected chi connectivity index (χ1v) is 5.67. The lowest BCUT2D eigenvalue weighted by atomic mass is 10.1. The van der Waals surface area contributed by atoms with Crippen molar-refractivity contribution in [3.05, 3.63) is 33.9 Å². The summed E-state index contributed by atoms with van der Waals surface area (Å²) >= 11 is 0. The van der Waals surface area contributed by atoms with Gasteiger partial charge in [-0.15, -0.1) is 0 Å². The van der Waals surface area contributed by atoms with E-state index in [-0.39, 0.29) is 29.4 Å². The number of hydrogen-bond donors (Lipinski definition) is 1. The lowest BCUT2D eigenvalue weighted by Crippen LogP contribution is -2.28. The molecule has 0 bridgehead atoms. The van der Waals surface area contributed by atoms with Gasteiger partial charge in [0.2, 0.25) is 5.91 Å². The summed E-state index contributed by atoms with van der Waals surface area (Å²) in [5.41, 5.74) is 0.0372. The van der Waals surface area contributed by atoms with Gasteiger partial charge in [0.05, 0.1) is 24.1 Å². The fraction of sp³-hybridized carbons (Fsp3) is 0.333. The molecule has 1 rings (SSSR count). The third-order valence-corrected chi connectivity index (χ3v) is 2.54. The second kappa shape index (κ2) is 6.50. The summed E-state index contributed by atoms with van der Waals surface area (Å²) in [4.78, 5) is 34.5. The summed E-state index contributed by atoms with van der Waals surface area (Å²) in [5.74, 6) is -0.857. The van der Waals surface area contributed by atoms with E-state index in [0.717, 1.165) is 0 Å². The standard InChI is InChI=1S/C12H15N3O5/c1-14(2)11(16)7-13-9-6-8(12(17)20-3)4-5-10(9)15(18)19/h4-6,13H,7H2,1-3H3. The normalized spacial score (nSPS) is 9.75. The minimum atomic E-state index is -0.609. The van der Waals surface area contributed by atoms with E-state index in [1.165, 1.54) is 30.2 Å². The Morgan fingerprint density at radius 3 is 2.55 bits per heavy atom. The van der Waals surface area contributed by atoms with E-state index in [1.807, 2.05) is 0 Å². The van der Waals surface area contributed by atoms with Crippen LogP contribution in [0.3, 0.4) is 0 Å². The number of anilines is 1. The van der Waals surface area contributed by atoms with E-state index in [1.54, 1.807) is 14.1 Å². The second-order valence-electron chi connectivity index (χ2n) is 4.12. The molecular formula is C12H15N3O5. The van der Waals surface area contributed by atoms with Gasteiger partial charge in [0, 0.05) is 20.2 Å². The van der Waals surface area contributed by atoms with E-state index in [2.05, 4.69) is 10.1 Å². The van der Waals surface area contributed by atoms with Crippen LogP contribution in [-0.4, -0.2) is 49.4 Å². The maximum atomic E-state index is 11.5. The van der Waals surface area contributed by atoms with Gasteiger partial charge in [0.1, 0.15) is 5.69 Å². The Hall–Kier alpha value is -2.64. The number of rotatable bonds is 5. The van der Waals surface area contributed by atoms with Gasteiger partial charge in [-0.3, -0.25) is 14.9 Å². The monoisotopic (exact) mass is 281 g/mol. The summed E-state index contributed by atoms with van der Waals surface area (Å²) in [6, 6.07) is 3.77. The third kappa shape index (κ3) is 3.67. The Bertz CT molecular complexity index is 542. The van der Waals surface area contributed by atoms with Crippen LogP contribution in [0.25, 0.3) is 0 Å². The van der Waals surface area contributed by atoms with Crippen LogP contribution < -0.4 is 5.32 Å². The van der Waals surface area contributed by atoms with Crippen LogP contribution in [0.15, 0.2) is 18.2 Å². The van der Waals surface area contributed by atoms with Crippen LogP contribution >= 0.6 is 0 Å². The van der Waals surface area contributed by atoms with Crippen molar-refractivity contribution in [3.63, 3.8) is 0 Å². The van der Waals surface area contributed by atoms with Crippen LogP contribution in [0.1, 0.15) is 10.4 Å². The molecule has 0 aliphatic rings. The minimum absolute atomic E-state index is 0.0908. The van der Waals surface area contributed by atoms with E-state index in [9.17, 15) is 19.7 Å². The highest BCUT2D eigenvalue weighted by Gasteiger charge is 2.18. The molecule has 0 aliphatic carbocycles. The number of benzene rings is 1. The van der Waals surface area contributed by atoms with Crippen LogP contribution in [0, 0.1) is 10.1 Å². The smallest absolute Gasteiger partial charge is 0.337 e. The number of nitrogens with zero attached hydrogens (tertiary/aromatic N) is 2. The van der Waals surface area contributed by atoms with Gasteiger partial charge >= 0.3 is 5.97 Å². The second-order valence-corrected chi connectivity index (χ2v) is 4.12. The van der Waals surface area contributed by atoms with E-state index in [0.29, 0.717) is 0 Å². The molecule has 1 aromatic carbocycles. The van der Waals surface area contributed by atoms with E-state index >= 15 is 0 Å². The molecule has 0 spiro atoms. The lowest BCUT2D eigenvalue weighted by Gasteiger charge is -2.12. The Morgan fingerprint density at radius 1 is 1.40 bits per heavy atom. The summed E-state index contributed by atoms with van der Waals surface area (Å²) in [6.45, 7) is -0.113. The molecule has 8 heteroatoms. The highest BCUT2D eigenvalue weighted by Crippen LogP contribution is 2.25. The number of esters is 1. The van der Waals surface area contributed by atoms with Crippen molar-refractivity contribution in [1.82, 2.24) is 4.90 Å². The molecule has 0 unspecified atom stereocenters. The number of nitro benzene ring substituents is 1. The molecule has 0 atom stereocenters. The summed E-state index contributed by atoms with van der Waals surface area (Å²) in [5, 5.41) is 13.6. The molecule has 0 saturated heterocycles. The Balaban J connectivity index is 3.03. The number of hydrogen-bond acceptors (Lipinski definition) is 6. The molecule has 0 radical (unpaired) electrons. The maximum Gasteiger partial charge on any atom is 0.337 e. The first-order chi connectivity index (χ1) is 9.36. The topological polar surface area (TPSA) is 102 Å². The number of carbonyl (C=O) groups is 2. The molecule has 108 valence electrons. The Kier molecular flexibility index (Phi) is 5.01. The third-order valence-electron chi connectivity index (χ3n) is 2.54. The summed E-state index contributed by atoms with van der Waals surface area (Å²) in [7, 11) is 4.36. The van der Waals surface area contributed by atoms with E-state index < -0.39 is 10.9 Å². The first kappa shape index (κ1) is 15.4. The average molecular weight is 281 g/mol. The number of ether oxygens (including phenoxy) is 1. The number of methoxy groups -OCH3 is 1. The molecule has 1 amide bonds. The predicted molar refractivity (Wildman–Crippen MR) is 71.6 cm³/mol. The predicted octanol–water partition coefficient (Wildman–Crippen LogP) is 0.881. The fourth-order valence-corrected chi connectivity index (χ4v) is 1.41. The molecule has 0 aromatic heterocycles. The number of likely N-dealkylation sites (N-methyl/N-ethyl adjacent to an activating group) is 1. The lowest BCUT2D eigenvalue weighted by molar-refractivity contribution is -0.384. The molecule has 1 N–H and O–H groups in total. The van der Waals surface area contributed by atoms with E-state index in [4.69, 9.17) is 0 Å². The Labute approximate surface area is 115 Å². The number of carbonyl (C=O) groups excluding carboxylic acids is 2. The van der Waals surface area contributed by atoms with Crippen LogP contribution in [0.2, 0.25) is 0 Å². The van der Waals surface area contributed by atoms with Crippen molar-refractivity contribution < 1.29 is 19.2 Å². The largest absolute Gasteiger partial charge is 0.465 e. The molecule has 1 aromatic rings. The van der Waals surface area contributed by atoms with Crippen LogP contribution in [-0.2, 0) is 9.53 Å². The zero-order valence-electron chi connectivity index (χ0n) is 11.4. The van der Waals surface area contributed by atoms with Gasteiger partial charge in [0.25, 0.3) is 5.69 Å². The number of nitrogens with one attached hydrogen (secondary N) is 1. The van der Waals surface area contributed by atoms with Gasteiger partial charge in [-0.05, 0) is 12.1 Å². The molecule has 0 fully saturated rings. The van der Waals surface area contributed by atoms with Crippen molar-refractivity contribution in [3.8, 4) is 0 Å². The SMILES string of the molecule is COC(=O)c1ccc([N+](=O)[O-])c(NCC(=O)N(C)C)c1. The van der Waals surface area contributed by atoms with Crippen molar-refractivity contribution in [1.29, 1.82) is 0 Å². The molecule has 20 heavy (non-hydrogen) atoms. The van der Waals surface area contributed by atoms with Gasteiger partial charge in [-0.2, -0.15) is 0 Å². The minimum Gasteiger partial charge on any atom is -0.465 e. The summed E-state index contributed by atoms with van der Waals surface area (Å²) in [6.07, 6.45) is 0. The molecule has 0 heterocycles. The van der Waals surface area contributed by atoms with Gasteiger partial charge in [-0.1, -0.05) is 0 Å². The quantitative estimate of drug-likeness (QED) is 0.488. The van der Waals surface area contributed by atoms with Crippen molar-refractivity contribution in [2.45, 2.75) is 0 Å². The highest BCUT2D eigenvalue weighted by atomic mass is 16.6. The zero-order chi connectivity index (χ0) is 15.3. The first-order valence-electron chi connectivity index (χ1n) is 5.67. The molecule has 0 aliphatic heterocycles. The highest BCUT2D eigenvalue weighted by molar-refractivity contribution is 5.92. The fourth-order valence-electron chi connectivity index (χ4n) is 1.41. The molecular weight excluding hydrogens is 266 g/mol. The van der Waals surface area contributed by atoms with Crippen LogP contribution in [0.4, 0.5) is 11.4 Å².